The van der Waals surface area contributed by atoms with Crippen LogP contribution in [-0.4, -0.2) is 30.3 Å². The summed E-state index contributed by atoms with van der Waals surface area (Å²) in [5.74, 6) is 0.00937. The number of rotatable bonds is 4. The van der Waals surface area contributed by atoms with E-state index in [9.17, 15) is 9.59 Å². The molecule has 17 heavy (non-hydrogen) atoms. The number of hydrogen-bond donors (Lipinski definition) is 1. The molecule has 0 aliphatic heterocycles. The Morgan fingerprint density at radius 3 is 2.59 bits per heavy atom. The molecule has 1 aromatic carbocycles. The first-order valence-electron chi connectivity index (χ1n) is 4.66. The monoisotopic (exact) mass is 237 g/mol. The van der Waals surface area contributed by atoms with Crippen LogP contribution < -0.4 is 9.47 Å². The maximum atomic E-state index is 10.8. The van der Waals surface area contributed by atoms with Crippen LogP contribution in [0, 0.1) is 0 Å². The fourth-order valence-corrected chi connectivity index (χ4v) is 1.22. The van der Waals surface area contributed by atoms with Gasteiger partial charge in [0.05, 0.1) is 7.11 Å². The van der Waals surface area contributed by atoms with Crippen molar-refractivity contribution in [3.8, 4) is 11.5 Å². The average molecular weight is 237 g/mol. The molecule has 0 aliphatic rings. The molecule has 0 amide bonds. The number of ether oxygens (including phenoxy) is 2. The van der Waals surface area contributed by atoms with Gasteiger partial charge in [-0.1, -0.05) is 5.16 Å². The lowest BCUT2D eigenvalue weighted by molar-refractivity contribution is -0.132. The van der Waals surface area contributed by atoms with Crippen molar-refractivity contribution < 1.29 is 24.3 Å². The molecular formula is C11H11NO5. The van der Waals surface area contributed by atoms with E-state index in [1.807, 2.05) is 0 Å². The summed E-state index contributed by atoms with van der Waals surface area (Å²) in [7, 11) is 1.39. The Hall–Kier alpha value is -2.37. The molecule has 6 nitrogen and oxygen atoms in total. The van der Waals surface area contributed by atoms with E-state index >= 15 is 0 Å². The van der Waals surface area contributed by atoms with Crippen molar-refractivity contribution in [2.75, 3.05) is 7.11 Å². The lowest BCUT2D eigenvalue weighted by atomic mass is 10.1. The predicted molar refractivity (Wildman–Crippen MR) is 58.7 cm³/mol. The fourth-order valence-electron chi connectivity index (χ4n) is 1.22. The molecule has 0 aromatic heterocycles. The summed E-state index contributed by atoms with van der Waals surface area (Å²) in [6.07, 6.45) is 0.403. The zero-order valence-corrected chi connectivity index (χ0v) is 9.34. The lowest BCUT2D eigenvalue weighted by Gasteiger charge is -2.08. The number of benzene rings is 1. The number of methoxy groups -OCH3 is 1. The lowest BCUT2D eigenvalue weighted by Crippen LogP contribution is -2.06. The molecule has 0 unspecified atom stereocenters. The highest BCUT2D eigenvalue weighted by molar-refractivity contribution is 6.36. The van der Waals surface area contributed by atoms with Crippen molar-refractivity contribution in [1.82, 2.24) is 0 Å². The second-order valence-corrected chi connectivity index (χ2v) is 3.06. The second kappa shape index (κ2) is 5.64. The van der Waals surface area contributed by atoms with Gasteiger partial charge in [-0.25, -0.2) is 0 Å². The first-order chi connectivity index (χ1) is 8.12. The van der Waals surface area contributed by atoms with Crippen LogP contribution in [0.15, 0.2) is 23.4 Å². The quantitative estimate of drug-likeness (QED) is 0.211. The van der Waals surface area contributed by atoms with Crippen molar-refractivity contribution in [3.05, 3.63) is 23.8 Å². The number of esters is 1. The summed E-state index contributed by atoms with van der Waals surface area (Å²) < 4.78 is 9.88. The van der Waals surface area contributed by atoms with Crippen LogP contribution in [0.3, 0.4) is 0 Å². The maximum absolute atomic E-state index is 10.8. The van der Waals surface area contributed by atoms with Gasteiger partial charge in [-0.3, -0.25) is 9.59 Å². The molecule has 90 valence electrons. The SMILES string of the molecule is COc1cc(C(C=O)=NO)ccc1OC(C)=O. The Balaban J connectivity index is 3.16. The Kier molecular flexibility index (Phi) is 4.21. The van der Waals surface area contributed by atoms with E-state index in [2.05, 4.69) is 5.16 Å². The molecule has 0 aliphatic carbocycles. The minimum atomic E-state index is -0.484. The molecule has 0 bridgehead atoms. The Morgan fingerprint density at radius 2 is 2.12 bits per heavy atom. The zero-order valence-electron chi connectivity index (χ0n) is 9.34. The molecule has 0 saturated carbocycles. The summed E-state index contributed by atoms with van der Waals surface area (Å²) in [5, 5.41) is 11.4. The molecule has 6 heteroatoms. The van der Waals surface area contributed by atoms with Gasteiger partial charge in [-0.05, 0) is 18.2 Å². The number of hydrogen-bond acceptors (Lipinski definition) is 6. The summed E-state index contributed by atoms with van der Waals surface area (Å²) in [5.41, 5.74) is 0.216. The highest BCUT2D eigenvalue weighted by Crippen LogP contribution is 2.28. The van der Waals surface area contributed by atoms with Gasteiger partial charge in [0, 0.05) is 12.5 Å². The Bertz CT molecular complexity index is 467. The molecule has 0 spiro atoms. The minimum absolute atomic E-state index is 0.141. The summed E-state index contributed by atoms with van der Waals surface area (Å²) in [6, 6.07) is 4.36. The molecule has 0 radical (unpaired) electrons. The van der Waals surface area contributed by atoms with Gasteiger partial charge in [0.15, 0.2) is 17.8 Å². The van der Waals surface area contributed by atoms with Crippen LogP contribution >= 0.6 is 0 Å². The number of nitrogens with zero attached hydrogens (tertiary/aromatic N) is 1. The summed E-state index contributed by atoms with van der Waals surface area (Å²) >= 11 is 0. The van der Waals surface area contributed by atoms with Gasteiger partial charge in [0.1, 0.15) is 5.71 Å². The van der Waals surface area contributed by atoms with Crippen LogP contribution in [0.4, 0.5) is 0 Å². The zero-order chi connectivity index (χ0) is 12.8. The molecule has 0 atom stereocenters. The predicted octanol–water partition coefficient (Wildman–Crippen LogP) is 0.998. The largest absolute Gasteiger partial charge is 0.493 e. The molecule has 1 rings (SSSR count). The third kappa shape index (κ3) is 3.04. The van der Waals surface area contributed by atoms with E-state index in [-0.39, 0.29) is 17.2 Å². The van der Waals surface area contributed by atoms with Crippen LogP contribution in [0.2, 0.25) is 0 Å². The average Bonchev–Trinajstić information content (AvgIpc) is 2.31. The molecule has 0 saturated heterocycles. The van der Waals surface area contributed by atoms with Gasteiger partial charge < -0.3 is 14.7 Å². The number of oxime groups is 1. The number of aldehydes is 1. The van der Waals surface area contributed by atoms with Crippen molar-refractivity contribution in [2.45, 2.75) is 6.92 Å². The highest BCUT2D eigenvalue weighted by atomic mass is 16.6. The molecule has 1 aromatic rings. The van der Waals surface area contributed by atoms with Crippen LogP contribution in [0.25, 0.3) is 0 Å². The van der Waals surface area contributed by atoms with E-state index in [1.165, 1.54) is 32.2 Å². The minimum Gasteiger partial charge on any atom is -0.493 e. The normalized spacial score (nSPS) is 10.8. The summed E-state index contributed by atoms with van der Waals surface area (Å²) in [6.45, 7) is 1.26. The van der Waals surface area contributed by atoms with Crippen molar-refractivity contribution in [1.29, 1.82) is 0 Å². The smallest absolute Gasteiger partial charge is 0.308 e. The third-order valence-electron chi connectivity index (χ3n) is 1.93. The molecule has 1 N–H and O–H groups in total. The van der Waals surface area contributed by atoms with E-state index in [0.29, 0.717) is 11.8 Å². The van der Waals surface area contributed by atoms with Gasteiger partial charge in [-0.2, -0.15) is 0 Å². The number of carbonyl (C=O) groups excluding carboxylic acids is 2. The van der Waals surface area contributed by atoms with Gasteiger partial charge in [0.25, 0.3) is 0 Å². The molecule has 0 heterocycles. The van der Waals surface area contributed by atoms with E-state index < -0.39 is 5.97 Å². The molecular weight excluding hydrogens is 226 g/mol. The van der Waals surface area contributed by atoms with Crippen LogP contribution in [-0.2, 0) is 9.59 Å². The Morgan fingerprint density at radius 1 is 1.41 bits per heavy atom. The third-order valence-corrected chi connectivity index (χ3v) is 1.93. The maximum Gasteiger partial charge on any atom is 0.308 e. The first kappa shape index (κ1) is 12.7. The van der Waals surface area contributed by atoms with Crippen molar-refractivity contribution in [3.63, 3.8) is 0 Å². The molecule has 0 fully saturated rings. The topological polar surface area (TPSA) is 85.2 Å². The van der Waals surface area contributed by atoms with Crippen molar-refractivity contribution >= 4 is 18.0 Å². The van der Waals surface area contributed by atoms with Crippen LogP contribution in [0.1, 0.15) is 12.5 Å². The second-order valence-electron chi connectivity index (χ2n) is 3.06. The van der Waals surface area contributed by atoms with E-state index in [4.69, 9.17) is 14.7 Å². The van der Waals surface area contributed by atoms with E-state index in [1.54, 1.807) is 0 Å². The standard InChI is InChI=1S/C11H11NO5/c1-7(14)17-10-4-3-8(5-11(10)16-2)9(6-13)12-15/h3-6,15H,1-2H3. The summed E-state index contributed by atoms with van der Waals surface area (Å²) in [4.78, 5) is 21.4. The Labute approximate surface area is 97.4 Å². The van der Waals surface area contributed by atoms with Crippen molar-refractivity contribution in [2.24, 2.45) is 5.16 Å². The first-order valence-corrected chi connectivity index (χ1v) is 4.66. The van der Waals surface area contributed by atoms with Gasteiger partial charge in [-0.15, -0.1) is 0 Å². The number of carbonyl (C=O) groups is 2. The highest BCUT2D eigenvalue weighted by Gasteiger charge is 2.11. The van der Waals surface area contributed by atoms with Gasteiger partial charge >= 0.3 is 5.97 Å². The van der Waals surface area contributed by atoms with Gasteiger partial charge in [0.2, 0.25) is 0 Å². The fraction of sp³-hybridized carbons (Fsp3) is 0.182. The van der Waals surface area contributed by atoms with Crippen LogP contribution in [0.5, 0.6) is 11.5 Å². The van der Waals surface area contributed by atoms with E-state index in [0.717, 1.165) is 0 Å².